The highest BCUT2D eigenvalue weighted by Gasteiger charge is 2.47. The number of halogens is 1. The van der Waals surface area contributed by atoms with Crippen LogP contribution in [0.25, 0.3) is 0 Å². The highest BCUT2D eigenvalue weighted by Crippen LogP contribution is 2.47. The molecular formula is C21H24BrNO2. The van der Waals surface area contributed by atoms with Crippen LogP contribution in [0, 0.1) is 0 Å². The second kappa shape index (κ2) is 5.32. The lowest BCUT2D eigenvalue weighted by Crippen LogP contribution is -2.59. The average molecular weight is 402 g/mol. The van der Waals surface area contributed by atoms with Gasteiger partial charge in [0.05, 0.1) is 0 Å². The molecule has 0 aliphatic carbocycles. The molecule has 2 heterocycles. The zero-order chi connectivity index (χ0) is 18.0. The first-order valence-corrected chi connectivity index (χ1v) is 9.51. The Morgan fingerprint density at radius 1 is 1.08 bits per heavy atom. The Bertz CT molecular complexity index is 859. The molecular weight excluding hydrogens is 378 g/mol. The fourth-order valence-electron chi connectivity index (χ4n) is 4.31. The number of benzene rings is 2. The van der Waals surface area contributed by atoms with E-state index in [-0.39, 0.29) is 11.1 Å². The number of hydrogen-bond acceptors (Lipinski definition) is 3. The Kier molecular flexibility index (Phi) is 3.63. The van der Waals surface area contributed by atoms with E-state index in [4.69, 9.17) is 4.74 Å². The maximum absolute atomic E-state index is 11.9. The van der Waals surface area contributed by atoms with Crippen molar-refractivity contribution in [2.45, 2.75) is 57.4 Å². The van der Waals surface area contributed by atoms with Crippen molar-refractivity contribution >= 4 is 15.9 Å². The summed E-state index contributed by atoms with van der Waals surface area (Å²) in [5.41, 5.74) is 2.41. The number of ether oxygens (including phenoxy) is 1. The molecule has 2 N–H and O–H groups in total. The lowest BCUT2D eigenvalue weighted by molar-refractivity contribution is 0.00234. The van der Waals surface area contributed by atoms with E-state index in [2.05, 4.69) is 61.1 Å². The van der Waals surface area contributed by atoms with Crippen molar-refractivity contribution in [3.8, 4) is 5.75 Å². The van der Waals surface area contributed by atoms with Gasteiger partial charge in [-0.15, -0.1) is 0 Å². The van der Waals surface area contributed by atoms with Gasteiger partial charge in [-0.05, 0) is 57.9 Å². The van der Waals surface area contributed by atoms with Gasteiger partial charge in [0.15, 0.2) is 5.72 Å². The molecule has 132 valence electrons. The van der Waals surface area contributed by atoms with Gasteiger partial charge in [0.25, 0.3) is 0 Å². The standard InChI is InChI=1S/C21H24BrNO2/c1-19(2)11-13-8-9-17-16(12-20(3,4)25-17)18(13)21(24,23-19)14-6-5-7-15(22)10-14/h5-10,23-24H,11-12H2,1-4H3. The summed E-state index contributed by atoms with van der Waals surface area (Å²) >= 11 is 3.54. The molecule has 0 bridgehead atoms. The second-order valence-electron chi connectivity index (χ2n) is 8.52. The molecule has 4 rings (SSSR count). The van der Waals surface area contributed by atoms with Crippen LogP contribution in [0.15, 0.2) is 40.9 Å². The normalized spacial score (nSPS) is 25.8. The topological polar surface area (TPSA) is 41.5 Å². The maximum atomic E-state index is 11.9. The zero-order valence-corrected chi connectivity index (χ0v) is 16.7. The minimum atomic E-state index is -1.24. The highest BCUT2D eigenvalue weighted by atomic mass is 79.9. The number of hydrogen-bond donors (Lipinski definition) is 2. The molecule has 1 unspecified atom stereocenters. The first-order valence-electron chi connectivity index (χ1n) is 8.72. The van der Waals surface area contributed by atoms with E-state index in [0.29, 0.717) is 0 Å². The van der Waals surface area contributed by atoms with Crippen molar-refractivity contribution in [3.05, 3.63) is 63.1 Å². The summed E-state index contributed by atoms with van der Waals surface area (Å²) in [5, 5.41) is 15.4. The van der Waals surface area contributed by atoms with Crippen LogP contribution in [0.5, 0.6) is 5.75 Å². The third kappa shape index (κ3) is 2.80. The van der Waals surface area contributed by atoms with Crippen LogP contribution in [0.4, 0.5) is 0 Å². The van der Waals surface area contributed by atoms with Crippen LogP contribution in [-0.4, -0.2) is 16.2 Å². The van der Waals surface area contributed by atoms with Gasteiger partial charge in [-0.3, -0.25) is 5.32 Å². The summed E-state index contributed by atoms with van der Waals surface area (Å²) < 4.78 is 7.07. The van der Waals surface area contributed by atoms with Gasteiger partial charge in [0.1, 0.15) is 11.4 Å². The number of fused-ring (bicyclic) bond motifs is 3. The molecule has 2 aromatic rings. The fourth-order valence-corrected chi connectivity index (χ4v) is 4.71. The first-order chi connectivity index (χ1) is 11.6. The van der Waals surface area contributed by atoms with Crippen LogP contribution >= 0.6 is 15.9 Å². The van der Waals surface area contributed by atoms with Crippen LogP contribution < -0.4 is 10.1 Å². The van der Waals surface area contributed by atoms with E-state index in [0.717, 1.165) is 39.8 Å². The van der Waals surface area contributed by atoms with Gasteiger partial charge >= 0.3 is 0 Å². The van der Waals surface area contributed by atoms with Gasteiger partial charge in [0, 0.05) is 33.1 Å². The molecule has 0 spiro atoms. The van der Waals surface area contributed by atoms with Gasteiger partial charge < -0.3 is 9.84 Å². The molecule has 0 fully saturated rings. The Morgan fingerprint density at radius 2 is 1.84 bits per heavy atom. The molecule has 2 aliphatic rings. The number of aliphatic hydroxyl groups is 1. The average Bonchev–Trinajstić information content (AvgIpc) is 2.79. The Morgan fingerprint density at radius 3 is 2.56 bits per heavy atom. The Balaban J connectivity index is 1.98. The SMILES string of the molecule is CC1(C)Cc2ccc3c(c2C(O)(c2cccc(Br)c2)N1)CC(C)(C)O3. The van der Waals surface area contributed by atoms with E-state index in [9.17, 15) is 5.11 Å². The quantitative estimate of drug-likeness (QED) is 0.748. The molecule has 0 amide bonds. The van der Waals surface area contributed by atoms with Crippen LogP contribution in [0.2, 0.25) is 0 Å². The summed E-state index contributed by atoms with van der Waals surface area (Å²) in [6, 6.07) is 12.1. The maximum Gasteiger partial charge on any atom is 0.169 e. The van der Waals surface area contributed by atoms with E-state index in [1.165, 1.54) is 5.56 Å². The van der Waals surface area contributed by atoms with Crippen LogP contribution in [0.3, 0.4) is 0 Å². The molecule has 4 heteroatoms. The minimum absolute atomic E-state index is 0.215. The monoisotopic (exact) mass is 401 g/mol. The summed E-state index contributed by atoms with van der Waals surface area (Å²) in [5.74, 6) is 0.888. The third-order valence-corrected chi connectivity index (χ3v) is 5.59. The lowest BCUT2D eigenvalue weighted by atomic mass is 9.76. The Labute approximate surface area is 157 Å². The predicted octanol–water partition coefficient (Wildman–Crippen LogP) is 4.28. The summed E-state index contributed by atoms with van der Waals surface area (Å²) in [6.07, 6.45) is 1.66. The zero-order valence-electron chi connectivity index (χ0n) is 15.1. The molecule has 0 saturated heterocycles. The van der Waals surface area contributed by atoms with Gasteiger partial charge in [0.2, 0.25) is 0 Å². The lowest BCUT2D eigenvalue weighted by Gasteiger charge is -2.45. The Hall–Kier alpha value is -1.36. The van der Waals surface area contributed by atoms with Crippen molar-refractivity contribution in [3.63, 3.8) is 0 Å². The first kappa shape index (κ1) is 17.1. The van der Waals surface area contributed by atoms with Gasteiger partial charge in [-0.2, -0.15) is 0 Å². The van der Waals surface area contributed by atoms with Crippen molar-refractivity contribution in [1.82, 2.24) is 5.32 Å². The van der Waals surface area contributed by atoms with E-state index >= 15 is 0 Å². The van der Waals surface area contributed by atoms with Gasteiger partial charge in [-0.1, -0.05) is 34.1 Å². The minimum Gasteiger partial charge on any atom is -0.487 e. The summed E-state index contributed by atoms with van der Waals surface area (Å²) in [6.45, 7) is 8.45. The van der Waals surface area contributed by atoms with Crippen LogP contribution in [0.1, 0.15) is 49.9 Å². The van der Waals surface area contributed by atoms with Crippen LogP contribution in [-0.2, 0) is 18.6 Å². The molecule has 1 atom stereocenters. The molecule has 2 aliphatic heterocycles. The van der Waals surface area contributed by atoms with E-state index in [1.54, 1.807) is 0 Å². The molecule has 0 radical (unpaired) electrons. The van der Waals surface area contributed by atoms with E-state index in [1.807, 2.05) is 24.3 Å². The second-order valence-corrected chi connectivity index (χ2v) is 9.44. The molecule has 0 saturated carbocycles. The molecule has 0 aromatic heterocycles. The summed E-state index contributed by atoms with van der Waals surface area (Å²) in [4.78, 5) is 0. The highest BCUT2D eigenvalue weighted by molar-refractivity contribution is 9.10. The predicted molar refractivity (Wildman–Crippen MR) is 103 cm³/mol. The molecule has 25 heavy (non-hydrogen) atoms. The third-order valence-electron chi connectivity index (χ3n) is 5.10. The van der Waals surface area contributed by atoms with Crippen molar-refractivity contribution < 1.29 is 9.84 Å². The smallest absolute Gasteiger partial charge is 0.169 e. The van der Waals surface area contributed by atoms with Crippen molar-refractivity contribution in [2.24, 2.45) is 0 Å². The molecule has 2 aromatic carbocycles. The van der Waals surface area contributed by atoms with Gasteiger partial charge in [-0.25, -0.2) is 0 Å². The van der Waals surface area contributed by atoms with Crippen molar-refractivity contribution in [1.29, 1.82) is 0 Å². The molecule has 3 nitrogen and oxygen atoms in total. The number of rotatable bonds is 1. The largest absolute Gasteiger partial charge is 0.487 e. The van der Waals surface area contributed by atoms with E-state index < -0.39 is 5.72 Å². The fraction of sp³-hybridized carbons (Fsp3) is 0.429. The van der Waals surface area contributed by atoms with Crippen molar-refractivity contribution in [2.75, 3.05) is 0 Å². The summed E-state index contributed by atoms with van der Waals surface area (Å²) in [7, 11) is 0. The number of nitrogens with one attached hydrogen (secondary N) is 1.